The van der Waals surface area contributed by atoms with Crippen molar-refractivity contribution in [1.82, 2.24) is 0 Å². The molecule has 8 rings (SSSR count). The summed E-state index contributed by atoms with van der Waals surface area (Å²) >= 11 is 0. The number of fused-ring (bicyclic) bond motifs is 5. The molecule has 0 amide bonds. The maximum atomic E-state index is 2.46. The monoisotopic (exact) mass is 548 g/mol. The van der Waals surface area contributed by atoms with Gasteiger partial charge >= 0.3 is 0 Å². The molecule has 0 aromatic heterocycles. The Bertz CT molecular complexity index is 2100. The molecule has 43 heavy (non-hydrogen) atoms. The summed E-state index contributed by atoms with van der Waals surface area (Å²) in [7, 11) is 0. The van der Waals surface area contributed by atoms with Gasteiger partial charge in [-0.25, -0.2) is 0 Å². The van der Waals surface area contributed by atoms with Crippen LogP contribution in [-0.2, 0) is 5.41 Å². The fraction of sp³-hybridized carbons (Fsp3) is 0.0698. The molecular weight excluding hydrogens is 516 g/mol. The Morgan fingerprint density at radius 2 is 0.767 bits per heavy atom. The van der Waals surface area contributed by atoms with Crippen LogP contribution in [0.1, 0.15) is 25.0 Å². The zero-order chi connectivity index (χ0) is 29.0. The molecule has 0 aliphatic heterocycles. The van der Waals surface area contributed by atoms with Crippen molar-refractivity contribution < 1.29 is 0 Å². The van der Waals surface area contributed by atoms with Crippen molar-refractivity contribution in [2.24, 2.45) is 0 Å². The van der Waals surface area contributed by atoms with E-state index in [0.717, 1.165) is 0 Å². The maximum absolute atomic E-state index is 2.46. The van der Waals surface area contributed by atoms with Gasteiger partial charge in [-0.3, -0.25) is 0 Å². The van der Waals surface area contributed by atoms with E-state index in [1.165, 1.54) is 77.5 Å². The molecule has 7 aromatic rings. The Balaban J connectivity index is 1.22. The van der Waals surface area contributed by atoms with Crippen LogP contribution in [0.3, 0.4) is 0 Å². The molecule has 0 N–H and O–H groups in total. The molecule has 0 atom stereocenters. The summed E-state index contributed by atoms with van der Waals surface area (Å²) < 4.78 is 0. The van der Waals surface area contributed by atoms with Crippen LogP contribution in [-0.4, -0.2) is 0 Å². The van der Waals surface area contributed by atoms with E-state index < -0.39 is 0 Å². The second kappa shape index (κ2) is 9.96. The first-order chi connectivity index (χ1) is 21.1. The van der Waals surface area contributed by atoms with Gasteiger partial charge in [0.25, 0.3) is 0 Å². The van der Waals surface area contributed by atoms with Gasteiger partial charge in [-0.1, -0.05) is 159 Å². The quantitative estimate of drug-likeness (QED) is 0.205. The third-order valence-electron chi connectivity index (χ3n) is 9.31. The third-order valence-corrected chi connectivity index (χ3v) is 9.31. The van der Waals surface area contributed by atoms with Gasteiger partial charge in [-0.2, -0.15) is 0 Å². The summed E-state index contributed by atoms with van der Waals surface area (Å²) in [6.45, 7) is 4.77. The summed E-state index contributed by atoms with van der Waals surface area (Å²) in [5.74, 6) is 0. The number of rotatable bonds is 4. The average Bonchev–Trinajstić information content (AvgIpc) is 3.31. The largest absolute Gasteiger partial charge is 0.0622 e. The minimum atomic E-state index is -0.118. The van der Waals surface area contributed by atoms with Crippen LogP contribution in [0.4, 0.5) is 0 Å². The Morgan fingerprint density at radius 1 is 0.326 bits per heavy atom. The van der Waals surface area contributed by atoms with E-state index in [1.54, 1.807) is 0 Å². The molecular formula is C43H32. The molecule has 0 radical (unpaired) electrons. The van der Waals surface area contributed by atoms with Crippen LogP contribution >= 0.6 is 0 Å². The minimum absolute atomic E-state index is 0.118. The highest BCUT2D eigenvalue weighted by Crippen LogP contribution is 2.54. The maximum Gasteiger partial charge on any atom is 0.0159 e. The molecule has 1 aliphatic carbocycles. The standard InChI is InChI=1S/C43H32/c1-43(2)40-27-35(33-19-17-31(18-20-33)29-11-5-3-6-12-29)25-26-38(40)42-37-16-10-9-15-36(37)39(28-41(42)43)34-23-21-32(22-24-34)30-13-7-4-8-14-30/h3-28H,1-2H3. The molecule has 0 unspecified atom stereocenters. The Kier molecular flexibility index (Phi) is 5.91. The smallest absolute Gasteiger partial charge is 0.0159 e. The van der Waals surface area contributed by atoms with Gasteiger partial charge in [0.2, 0.25) is 0 Å². The first-order valence-corrected chi connectivity index (χ1v) is 15.1. The van der Waals surface area contributed by atoms with Crippen molar-refractivity contribution in [2.75, 3.05) is 0 Å². The molecule has 7 aromatic carbocycles. The number of benzene rings is 7. The van der Waals surface area contributed by atoms with Crippen LogP contribution in [0.15, 0.2) is 158 Å². The predicted octanol–water partition coefficient (Wildman–Crippen LogP) is 11.8. The molecule has 0 bridgehead atoms. The van der Waals surface area contributed by atoms with E-state index in [9.17, 15) is 0 Å². The molecule has 0 saturated carbocycles. The van der Waals surface area contributed by atoms with Crippen molar-refractivity contribution in [2.45, 2.75) is 19.3 Å². The second-order valence-electron chi connectivity index (χ2n) is 12.2. The molecule has 1 aliphatic rings. The summed E-state index contributed by atoms with van der Waals surface area (Å²) in [6.07, 6.45) is 0. The SMILES string of the molecule is CC1(C)c2cc(-c3ccc(-c4ccccc4)cc3)ccc2-c2c1cc(-c1ccc(-c3ccccc3)cc1)c1ccccc21. The van der Waals surface area contributed by atoms with E-state index in [2.05, 4.69) is 172 Å². The summed E-state index contributed by atoms with van der Waals surface area (Å²) in [5, 5.41) is 2.63. The summed E-state index contributed by atoms with van der Waals surface area (Å²) in [4.78, 5) is 0. The van der Waals surface area contributed by atoms with Crippen LogP contribution in [0.5, 0.6) is 0 Å². The van der Waals surface area contributed by atoms with Gasteiger partial charge in [0.05, 0.1) is 0 Å². The Hall–Kier alpha value is -5.20. The highest BCUT2D eigenvalue weighted by atomic mass is 14.4. The highest BCUT2D eigenvalue weighted by Gasteiger charge is 2.37. The third kappa shape index (κ3) is 4.22. The van der Waals surface area contributed by atoms with Gasteiger partial charge in [0.15, 0.2) is 0 Å². The second-order valence-corrected chi connectivity index (χ2v) is 12.2. The molecule has 0 heterocycles. The van der Waals surface area contributed by atoms with Gasteiger partial charge < -0.3 is 0 Å². The van der Waals surface area contributed by atoms with Gasteiger partial charge in [0.1, 0.15) is 0 Å². The van der Waals surface area contributed by atoms with E-state index in [4.69, 9.17) is 0 Å². The molecule has 0 saturated heterocycles. The van der Waals surface area contributed by atoms with Crippen molar-refractivity contribution in [3.8, 4) is 55.6 Å². The topological polar surface area (TPSA) is 0 Å². The molecule has 204 valence electrons. The fourth-order valence-electron chi connectivity index (χ4n) is 6.96. The minimum Gasteiger partial charge on any atom is -0.0622 e. The lowest BCUT2D eigenvalue weighted by Gasteiger charge is -2.23. The summed E-state index contributed by atoms with van der Waals surface area (Å²) in [6, 6.07) is 57.7. The van der Waals surface area contributed by atoms with Gasteiger partial charge in [0, 0.05) is 5.41 Å². The number of hydrogen-bond donors (Lipinski definition) is 0. The predicted molar refractivity (Wildman–Crippen MR) is 183 cm³/mol. The number of hydrogen-bond acceptors (Lipinski definition) is 0. The van der Waals surface area contributed by atoms with Crippen LogP contribution in [0.25, 0.3) is 66.4 Å². The van der Waals surface area contributed by atoms with Crippen LogP contribution in [0.2, 0.25) is 0 Å². The van der Waals surface area contributed by atoms with E-state index >= 15 is 0 Å². The lowest BCUT2D eigenvalue weighted by Crippen LogP contribution is -2.15. The lowest BCUT2D eigenvalue weighted by atomic mass is 9.80. The zero-order valence-corrected chi connectivity index (χ0v) is 24.5. The molecule has 0 spiro atoms. The van der Waals surface area contributed by atoms with Crippen molar-refractivity contribution in [1.29, 1.82) is 0 Å². The molecule has 0 fully saturated rings. The first-order valence-electron chi connectivity index (χ1n) is 15.1. The van der Waals surface area contributed by atoms with Crippen molar-refractivity contribution in [3.63, 3.8) is 0 Å². The van der Waals surface area contributed by atoms with E-state index in [-0.39, 0.29) is 5.41 Å². The van der Waals surface area contributed by atoms with E-state index in [1.807, 2.05) is 0 Å². The van der Waals surface area contributed by atoms with Crippen molar-refractivity contribution >= 4 is 10.8 Å². The van der Waals surface area contributed by atoms with E-state index in [0.29, 0.717) is 0 Å². The Morgan fingerprint density at radius 3 is 1.35 bits per heavy atom. The fourth-order valence-corrected chi connectivity index (χ4v) is 6.96. The van der Waals surface area contributed by atoms with Crippen LogP contribution < -0.4 is 0 Å². The highest BCUT2D eigenvalue weighted by molar-refractivity contribution is 6.09. The van der Waals surface area contributed by atoms with Gasteiger partial charge in [-0.05, 0) is 89.7 Å². The first kappa shape index (κ1) is 25.5. The average molecular weight is 549 g/mol. The summed E-state index contributed by atoms with van der Waals surface area (Å²) in [5.41, 5.74) is 15.5. The normalized spacial score (nSPS) is 13.1. The van der Waals surface area contributed by atoms with Crippen LogP contribution in [0, 0.1) is 0 Å². The Labute approximate surface area is 253 Å². The molecule has 0 heteroatoms. The van der Waals surface area contributed by atoms with Crippen molar-refractivity contribution in [3.05, 3.63) is 169 Å². The zero-order valence-electron chi connectivity index (χ0n) is 24.5. The van der Waals surface area contributed by atoms with Gasteiger partial charge in [-0.15, -0.1) is 0 Å². The molecule has 0 nitrogen and oxygen atoms in total. The lowest BCUT2D eigenvalue weighted by molar-refractivity contribution is 0.661.